The van der Waals surface area contributed by atoms with Crippen LogP contribution in [0.4, 0.5) is 5.69 Å². The van der Waals surface area contributed by atoms with E-state index in [1.54, 1.807) is 31.1 Å². The summed E-state index contributed by atoms with van der Waals surface area (Å²) in [4.78, 5) is 12.5. The SMILES string of the molecule is CC(Nc1cccc(Cl)c1-n1ccnc1)c1cnccn1. The molecule has 106 valence electrons. The van der Waals surface area contributed by atoms with Gasteiger partial charge in [-0.15, -0.1) is 0 Å². The third-order valence-electron chi connectivity index (χ3n) is 3.15. The van der Waals surface area contributed by atoms with Crippen LogP contribution in [0.15, 0.2) is 55.5 Å². The Morgan fingerprint density at radius 3 is 2.81 bits per heavy atom. The lowest BCUT2D eigenvalue weighted by atomic mass is 10.2. The van der Waals surface area contributed by atoms with Crippen LogP contribution < -0.4 is 5.32 Å². The number of nitrogens with one attached hydrogen (secondary N) is 1. The summed E-state index contributed by atoms with van der Waals surface area (Å²) in [5.41, 5.74) is 2.65. The van der Waals surface area contributed by atoms with Crippen molar-refractivity contribution >= 4 is 17.3 Å². The van der Waals surface area contributed by atoms with Crippen molar-refractivity contribution in [3.05, 3.63) is 66.2 Å². The fraction of sp³-hybridized carbons (Fsp3) is 0.133. The second-order valence-corrected chi connectivity index (χ2v) is 5.01. The molecule has 0 bridgehead atoms. The number of anilines is 1. The van der Waals surface area contributed by atoms with E-state index in [4.69, 9.17) is 11.6 Å². The summed E-state index contributed by atoms with van der Waals surface area (Å²) < 4.78 is 1.88. The van der Waals surface area contributed by atoms with Crippen LogP contribution in [0.2, 0.25) is 5.02 Å². The van der Waals surface area contributed by atoms with Crippen LogP contribution in [0, 0.1) is 0 Å². The van der Waals surface area contributed by atoms with Crippen LogP contribution >= 0.6 is 11.6 Å². The van der Waals surface area contributed by atoms with E-state index in [2.05, 4.69) is 20.3 Å². The van der Waals surface area contributed by atoms with Gasteiger partial charge in [-0.1, -0.05) is 17.7 Å². The summed E-state index contributed by atoms with van der Waals surface area (Å²) in [5, 5.41) is 4.08. The molecule has 2 aromatic heterocycles. The summed E-state index contributed by atoms with van der Waals surface area (Å²) in [6.07, 6.45) is 10.4. The highest BCUT2D eigenvalue weighted by molar-refractivity contribution is 6.33. The smallest absolute Gasteiger partial charge is 0.0992 e. The van der Waals surface area contributed by atoms with Gasteiger partial charge >= 0.3 is 0 Å². The molecule has 1 aromatic carbocycles. The zero-order valence-electron chi connectivity index (χ0n) is 11.4. The highest BCUT2D eigenvalue weighted by Gasteiger charge is 2.13. The fourth-order valence-electron chi connectivity index (χ4n) is 2.13. The van der Waals surface area contributed by atoms with Gasteiger partial charge in [-0.05, 0) is 19.1 Å². The molecule has 1 N–H and O–H groups in total. The minimum atomic E-state index is 0.0134. The van der Waals surface area contributed by atoms with Crippen molar-refractivity contribution in [2.75, 3.05) is 5.32 Å². The highest BCUT2D eigenvalue weighted by atomic mass is 35.5. The molecule has 0 fully saturated rings. The number of rotatable bonds is 4. The van der Waals surface area contributed by atoms with Crippen molar-refractivity contribution in [3.63, 3.8) is 0 Å². The first-order chi connectivity index (χ1) is 10.3. The molecular formula is C15H14ClN5. The summed E-state index contributed by atoms with van der Waals surface area (Å²) in [6.45, 7) is 2.03. The molecule has 1 unspecified atom stereocenters. The van der Waals surface area contributed by atoms with Gasteiger partial charge in [0.25, 0.3) is 0 Å². The van der Waals surface area contributed by atoms with Gasteiger partial charge in [0.15, 0.2) is 0 Å². The van der Waals surface area contributed by atoms with Gasteiger partial charge in [0.2, 0.25) is 0 Å². The largest absolute Gasteiger partial charge is 0.375 e. The summed E-state index contributed by atoms with van der Waals surface area (Å²) in [6, 6.07) is 5.76. The van der Waals surface area contributed by atoms with Gasteiger partial charge in [0, 0.05) is 24.8 Å². The van der Waals surface area contributed by atoms with E-state index in [1.807, 2.05) is 35.9 Å². The summed E-state index contributed by atoms with van der Waals surface area (Å²) in [5.74, 6) is 0. The summed E-state index contributed by atoms with van der Waals surface area (Å²) in [7, 11) is 0. The lowest BCUT2D eigenvalue weighted by molar-refractivity contribution is 0.825. The number of nitrogens with zero attached hydrogens (tertiary/aromatic N) is 4. The molecule has 0 amide bonds. The lowest BCUT2D eigenvalue weighted by Crippen LogP contribution is -2.11. The number of hydrogen-bond donors (Lipinski definition) is 1. The molecule has 1 atom stereocenters. The van der Waals surface area contributed by atoms with Crippen LogP contribution in [0.25, 0.3) is 5.69 Å². The van der Waals surface area contributed by atoms with Gasteiger partial charge in [-0.3, -0.25) is 9.97 Å². The Labute approximate surface area is 127 Å². The van der Waals surface area contributed by atoms with E-state index >= 15 is 0 Å². The average Bonchev–Trinajstić information content (AvgIpc) is 3.02. The molecule has 3 aromatic rings. The van der Waals surface area contributed by atoms with Crippen LogP contribution in [-0.2, 0) is 0 Å². The van der Waals surface area contributed by atoms with Crippen molar-refractivity contribution in [3.8, 4) is 5.69 Å². The van der Waals surface area contributed by atoms with Gasteiger partial charge < -0.3 is 9.88 Å². The van der Waals surface area contributed by atoms with Crippen LogP contribution in [0.1, 0.15) is 18.7 Å². The minimum absolute atomic E-state index is 0.0134. The molecule has 0 saturated carbocycles. The maximum atomic E-state index is 6.33. The predicted molar refractivity (Wildman–Crippen MR) is 82.6 cm³/mol. The number of para-hydroxylation sites is 1. The Balaban J connectivity index is 1.95. The number of imidazole rings is 1. The molecular weight excluding hydrogens is 286 g/mol. The molecule has 0 spiro atoms. The first-order valence-electron chi connectivity index (χ1n) is 6.55. The molecule has 2 heterocycles. The molecule has 21 heavy (non-hydrogen) atoms. The average molecular weight is 300 g/mol. The van der Waals surface area contributed by atoms with E-state index in [9.17, 15) is 0 Å². The molecule has 0 saturated heterocycles. The maximum Gasteiger partial charge on any atom is 0.0992 e. The quantitative estimate of drug-likeness (QED) is 0.801. The zero-order chi connectivity index (χ0) is 14.7. The van der Waals surface area contributed by atoms with Crippen LogP contribution in [0.3, 0.4) is 0 Å². The van der Waals surface area contributed by atoms with Crippen molar-refractivity contribution in [1.29, 1.82) is 0 Å². The topological polar surface area (TPSA) is 55.6 Å². The van der Waals surface area contributed by atoms with Gasteiger partial charge in [0.1, 0.15) is 0 Å². The molecule has 6 heteroatoms. The number of halogens is 1. The van der Waals surface area contributed by atoms with Gasteiger partial charge in [-0.25, -0.2) is 4.98 Å². The third-order valence-corrected chi connectivity index (χ3v) is 3.45. The molecule has 0 aliphatic carbocycles. The highest BCUT2D eigenvalue weighted by Crippen LogP contribution is 2.30. The third kappa shape index (κ3) is 2.87. The Kier molecular flexibility index (Phi) is 3.83. The van der Waals surface area contributed by atoms with E-state index in [0.717, 1.165) is 17.1 Å². The standard InChI is InChI=1S/C15H14ClN5/c1-11(14-9-17-5-6-19-14)20-13-4-2-3-12(16)15(13)21-8-7-18-10-21/h2-11,20H,1H3. The first-order valence-corrected chi connectivity index (χ1v) is 6.93. The van der Waals surface area contributed by atoms with E-state index in [-0.39, 0.29) is 6.04 Å². The summed E-state index contributed by atoms with van der Waals surface area (Å²) >= 11 is 6.33. The van der Waals surface area contributed by atoms with Crippen molar-refractivity contribution in [2.45, 2.75) is 13.0 Å². The Morgan fingerprint density at radius 1 is 1.19 bits per heavy atom. The minimum Gasteiger partial charge on any atom is -0.375 e. The fourth-order valence-corrected chi connectivity index (χ4v) is 2.40. The molecule has 0 aliphatic heterocycles. The van der Waals surface area contributed by atoms with Crippen LogP contribution in [-0.4, -0.2) is 19.5 Å². The molecule has 0 aliphatic rings. The number of hydrogen-bond acceptors (Lipinski definition) is 4. The number of benzene rings is 1. The molecule has 3 rings (SSSR count). The second kappa shape index (κ2) is 5.93. The van der Waals surface area contributed by atoms with Crippen LogP contribution in [0.5, 0.6) is 0 Å². The Hall–Kier alpha value is -2.40. The van der Waals surface area contributed by atoms with E-state index < -0.39 is 0 Å². The van der Waals surface area contributed by atoms with Gasteiger partial charge in [-0.2, -0.15) is 0 Å². The molecule has 0 radical (unpaired) electrons. The maximum absolute atomic E-state index is 6.33. The lowest BCUT2D eigenvalue weighted by Gasteiger charge is -2.18. The van der Waals surface area contributed by atoms with E-state index in [0.29, 0.717) is 5.02 Å². The van der Waals surface area contributed by atoms with Gasteiger partial charge in [0.05, 0.1) is 40.7 Å². The molecule has 5 nitrogen and oxygen atoms in total. The predicted octanol–water partition coefficient (Wildman–Crippen LogP) is 3.49. The van der Waals surface area contributed by atoms with Crippen molar-refractivity contribution in [1.82, 2.24) is 19.5 Å². The van der Waals surface area contributed by atoms with E-state index in [1.165, 1.54) is 0 Å². The first kappa shape index (κ1) is 13.6. The monoisotopic (exact) mass is 299 g/mol. The van der Waals surface area contributed by atoms with Crippen molar-refractivity contribution in [2.24, 2.45) is 0 Å². The Morgan fingerprint density at radius 2 is 2.10 bits per heavy atom. The number of aromatic nitrogens is 4. The second-order valence-electron chi connectivity index (χ2n) is 4.60. The normalized spacial score (nSPS) is 12.1. The Bertz CT molecular complexity index is 712. The zero-order valence-corrected chi connectivity index (χ0v) is 12.2. The van der Waals surface area contributed by atoms with Crippen molar-refractivity contribution < 1.29 is 0 Å².